The Morgan fingerprint density at radius 3 is 2.95 bits per heavy atom. The van der Waals surface area contributed by atoms with Crippen molar-refractivity contribution >= 4 is 5.82 Å². The number of aryl methyl sites for hydroxylation is 1. The van der Waals surface area contributed by atoms with Crippen LogP contribution in [-0.2, 0) is 0 Å². The lowest BCUT2D eigenvalue weighted by Gasteiger charge is -2.31. The lowest BCUT2D eigenvalue weighted by molar-refractivity contribution is 0.210. The first-order valence-corrected chi connectivity index (χ1v) is 7.69. The molecule has 3 rings (SSSR count). The number of hydrogen-bond donors (Lipinski definition) is 0. The van der Waals surface area contributed by atoms with E-state index < -0.39 is 0 Å². The number of nitrogens with zero attached hydrogens (tertiary/aromatic N) is 6. The van der Waals surface area contributed by atoms with Crippen LogP contribution < -0.4 is 4.90 Å². The first kappa shape index (κ1) is 14.9. The standard InChI is InChI=1S/C15H22N6O/c1-11(15-19-17-12(2)22-15)20(3)10-13-6-5-9-21(13)14-7-4-8-16-18-14/h4,7-8,11,13H,5-6,9-10H2,1-3H3/t11-,13-/m0/s1. The summed E-state index contributed by atoms with van der Waals surface area (Å²) in [6.07, 6.45) is 4.06. The van der Waals surface area contributed by atoms with E-state index in [1.165, 1.54) is 6.42 Å². The minimum Gasteiger partial charge on any atom is -0.424 e. The summed E-state index contributed by atoms with van der Waals surface area (Å²) < 4.78 is 5.54. The van der Waals surface area contributed by atoms with Crippen LogP contribution in [0.1, 0.15) is 37.6 Å². The molecule has 1 fully saturated rings. The van der Waals surface area contributed by atoms with Gasteiger partial charge in [-0.15, -0.1) is 15.3 Å². The van der Waals surface area contributed by atoms with E-state index in [9.17, 15) is 0 Å². The molecule has 2 atom stereocenters. The molecule has 7 nitrogen and oxygen atoms in total. The highest BCUT2D eigenvalue weighted by Gasteiger charge is 2.29. The van der Waals surface area contributed by atoms with Crippen LogP contribution in [0.5, 0.6) is 0 Å². The van der Waals surface area contributed by atoms with Crippen molar-refractivity contribution in [2.75, 3.05) is 25.0 Å². The van der Waals surface area contributed by atoms with Gasteiger partial charge < -0.3 is 9.32 Å². The van der Waals surface area contributed by atoms with Gasteiger partial charge in [-0.3, -0.25) is 4.90 Å². The Balaban J connectivity index is 1.66. The van der Waals surface area contributed by atoms with Crippen LogP contribution >= 0.6 is 0 Å². The van der Waals surface area contributed by atoms with Gasteiger partial charge in [0, 0.05) is 32.3 Å². The molecule has 0 radical (unpaired) electrons. The van der Waals surface area contributed by atoms with Crippen LogP contribution in [-0.4, -0.2) is 51.5 Å². The normalized spacial score (nSPS) is 19.8. The second kappa shape index (κ2) is 6.39. The Morgan fingerprint density at radius 2 is 2.27 bits per heavy atom. The largest absolute Gasteiger partial charge is 0.424 e. The van der Waals surface area contributed by atoms with E-state index >= 15 is 0 Å². The fraction of sp³-hybridized carbons (Fsp3) is 0.600. The first-order valence-electron chi connectivity index (χ1n) is 7.69. The molecule has 0 bridgehead atoms. The maximum Gasteiger partial charge on any atom is 0.233 e. The van der Waals surface area contributed by atoms with Gasteiger partial charge in [0.25, 0.3) is 0 Å². The van der Waals surface area contributed by atoms with Gasteiger partial charge in [-0.2, -0.15) is 5.10 Å². The van der Waals surface area contributed by atoms with Crippen molar-refractivity contribution in [1.29, 1.82) is 0 Å². The summed E-state index contributed by atoms with van der Waals surface area (Å²) in [4.78, 5) is 4.60. The molecule has 1 saturated heterocycles. The van der Waals surface area contributed by atoms with Gasteiger partial charge >= 0.3 is 0 Å². The summed E-state index contributed by atoms with van der Waals surface area (Å²) in [5, 5.41) is 16.3. The first-order chi connectivity index (χ1) is 10.6. The van der Waals surface area contributed by atoms with E-state index in [2.05, 4.69) is 44.2 Å². The zero-order valence-electron chi connectivity index (χ0n) is 13.3. The molecule has 0 aromatic carbocycles. The quantitative estimate of drug-likeness (QED) is 0.834. The van der Waals surface area contributed by atoms with Crippen molar-refractivity contribution in [3.63, 3.8) is 0 Å². The monoisotopic (exact) mass is 302 g/mol. The van der Waals surface area contributed by atoms with E-state index in [0.717, 1.165) is 25.3 Å². The fourth-order valence-electron chi connectivity index (χ4n) is 2.93. The molecule has 0 amide bonds. The van der Waals surface area contributed by atoms with Crippen LogP contribution in [0.15, 0.2) is 22.7 Å². The number of rotatable bonds is 5. The summed E-state index contributed by atoms with van der Waals surface area (Å²) in [6, 6.07) is 4.50. The second-order valence-corrected chi connectivity index (χ2v) is 5.85. The third-order valence-corrected chi connectivity index (χ3v) is 4.29. The van der Waals surface area contributed by atoms with Crippen LogP contribution in [0.25, 0.3) is 0 Å². The number of anilines is 1. The molecular formula is C15H22N6O. The van der Waals surface area contributed by atoms with Crippen molar-refractivity contribution < 1.29 is 4.42 Å². The fourth-order valence-corrected chi connectivity index (χ4v) is 2.93. The summed E-state index contributed by atoms with van der Waals surface area (Å²) >= 11 is 0. The molecule has 1 aliphatic rings. The Hall–Kier alpha value is -2.02. The van der Waals surface area contributed by atoms with Crippen molar-refractivity contribution in [2.24, 2.45) is 0 Å². The van der Waals surface area contributed by atoms with Gasteiger partial charge in [-0.25, -0.2) is 0 Å². The Morgan fingerprint density at radius 1 is 1.41 bits per heavy atom. The summed E-state index contributed by atoms with van der Waals surface area (Å²) in [7, 11) is 2.09. The molecular weight excluding hydrogens is 280 g/mol. The number of likely N-dealkylation sites (N-methyl/N-ethyl adjacent to an activating group) is 1. The smallest absolute Gasteiger partial charge is 0.233 e. The van der Waals surface area contributed by atoms with Crippen molar-refractivity contribution in [3.8, 4) is 0 Å². The predicted octanol–water partition coefficient (Wildman–Crippen LogP) is 1.83. The van der Waals surface area contributed by atoms with Crippen LogP contribution in [0, 0.1) is 6.92 Å². The highest BCUT2D eigenvalue weighted by atomic mass is 16.4. The summed E-state index contributed by atoms with van der Waals surface area (Å²) in [5.74, 6) is 2.24. The van der Waals surface area contributed by atoms with Crippen LogP contribution in [0.4, 0.5) is 5.82 Å². The molecule has 2 aromatic heterocycles. The average molecular weight is 302 g/mol. The van der Waals surface area contributed by atoms with E-state index in [4.69, 9.17) is 4.42 Å². The minimum absolute atomic E-state index is 0.102. The average Bonchev–Trinajstić information content (AvgIpc) is 3.16. The minimum atomic E-state index is 0.102. The summed E-state index contributed by atoms with van der Waals surface area (Å²) in [5.41, 5.74) is 0. The second-order valence-electron chi connectivity index (χ2n) is 5.85. The van der Waals surface area contributed by atoms with Crippen LogP contribution in [0.3, 0.4) is 0 Å². The topological polar surface area (TPSA) is 71.2 Å². The van der Waals surface area contributed by atoms with E-state index in [0.29, 0.717) is 17.8 Å². The van der Waals surface area contributed by atoms with E-state index in [1.807, 2.05) is 19.1 Å². The molecule has 118 valence electrons. The van der Waals surface area contributed by atoms with E-state index in [1.54, 1.807) is 6.20 Å². The molecule has 0 saturated carbocycles. The zero-order valence-corrected chi connectivity index (χ0v) is 13.3. The third kappa shape index (κ3) is 3.09. The molecule has 1 aliphatic heterocycles. The number of hydrogen-bond acceptors (Lipinski definition) is 7. The molecule has 0 aliphatic carbocycles. The highest BCUT2D eigenvalue weighted by molar-refractivity contribution is 5.39. The van der Waals surface area contributed by atoms with Crippen molar-refractivity contribution in [3.05, 3.63) is 30.1 Å². The maximum atomic E-state index is 5.54. The van der Waals surface area contributed by atoms with Gasteiger partial charge in [0.15, 0.2) is 5.82 Å². The van der Waals surface area contributed by atoms with Gasteiger partial charge in [0.1, 0.15) is 0 Å². The Labute approximate surface area is 130 Å². The van der Waals surface area contributed by atoms with E-state index in [-0.39, 0.29) is 6.04 Å². The lowest BCUT2D eigenvalue weighted by Crippen LogP contribution is -2.40. The molecule has 0 N–H and O–H groups in total. The Bertz CT molecular complexity index is 601. The molecule has 0 spiro atoms. The molecule has 22 heavy (non-hydrogen) atoms. The highest BCUT2D eigenvalue weighted by Crippen LogP contribution is 2.26. The zero-order chi connectivity index (χ0) is 15.5. The number of aromatic nitrogens is 4. The lowest BCUT2D eigenvalue weighted by atomic mass is 10.2. The molecule has 2 aromatic rings. The maximum absolute atomic E-state index is 5.54. The predicted molar refractivity (Wildman–Crippen MR) is 82.5 cm³/mol. The van der Waals surface area contributed by atoms with Crippen molar-refractivity contribution in [2.45, 2.75) is 38.8 Å². The van der Waals surface area contributed by atoms with Gasteiger partial charge in [-0.05, 0) is 38.9 Å². The van der Waals surface area contributed by atoms with Gasteiger partial charge in [0.2, 0.25) is 11.8 Å². The molecule has 0 unspecified atom stereocenters. The van der Waals surface area contributed by atoms with Gasteiger partial charge in [-0.1, -0.05) is 0 Å². The third-order valence-electron chi connectivity index (χ3n) is 4.29. The molecule has 7 heteroatoms. The van der Waals surface area contributed by atoms with Crippen molar-refractivity contribution in [1.82, 2.24) is 25.3 Å². The van der Waals surface area contributed by atoms with Crippen LogP contribution in [0.2, 0.25) is 0 Å². The Kier molecular flexibility index (Phi) is 4.33. The SMILES string of the molecule is Cc1nnc([C@H](C)N(C)C[C@@H]2CCCN2c2cccnn2)o1. The van der Waals surface area contributed by atoms with Gasteiger partial charge in [0.05, 0.1) is 6.04 Å². The molecule has 3 heterocycles. The summed E-state index contributed by atoms with van der Waals surface area (Å²) in [6.45, 7) is 5.87.